The molecule has 2 aliphatic rings. The lowest BCUT2D eigenvalue weighted by atomic mass is 10.2. The second-order valence-electron chi connectivity index (χ2n) is 6.44. The lowest BCUT2D eigenvalue weighted by molar-refractivity contribution is 0.102. The van der Waals surface area contributed by atoms with Crippen LogP contribution in [0.4, 0.5) is 5.69 Å². The van der Waals surface area contributed by atoms with Gasteiger partial charge in [0.05, 0.1) is 23.6 Å². The minimum Gasteiger partial charge on any atom is -0.345 e. The molecule has 5 nitrogen and oxygen atoms in total. The Labute approximate surface area is 129 Å². The molecule has 1 N–H and O–H groups in total. The highest BCUT2D eigenvalue weighted by atomic mass is 16.1. The van der Waals surface area contributed by atoms with Crippen LogP contribution >= 0.6 is 0 Å². The summed E-state index contributed by atoms with van der Waals surface area (Å²) < 4.78 is 2.28. The number of hydrogen-bond donors (Lipinski definition) is 1. The van der Waals surface area contributed by atoms with Gasteiger partial charge in [-0.1, -0.05) is 0 Å². The van der Waals surface area contributed by atoms with E-state index in [1.807, 2.05) is 13.0 Å². The quantitative estimate of drug-likeness (QED) is 0.941. The van der Waals surface area contributed by atoms with Gasteiger partial charge in [-0.25, -0.2) is 9.97 Å². The number of nitrogens with one attached hydrogen (secondary N) is 1. The Hall–Kier alpha value is -2.17. The summed E-state index contributed by atoms with van der Waals surface area (Å²) in [6.07, 6.45) is 8.21. The topological polar surface area (TPSA) is 59.8 Å². The van der Waals surface area contributed by atoms with E-state index in [1.54, 1.807) is 12.4 Å². The second kappa shape index (κ2) is 4.93. The molecular weight excluding hydrogens is 276 g/mol. The van der Waals surface area contributed by atoms with E-state index in [-0.39, 0.29) is 5.91 Å². The summed E-state index contributed by atoms with van der Waals surface area (Å²) in [6, 6.07) is 2.56. The van der Waals surface area contributed by atoms with Crippen LogP contribution in [0.3, 0.4) is 0 Å². The minimum atomic E-state index is -0.0808. The summed E-state index contributed by atoms with van der Waals surface area (Å²) >= 11 is 0. The van der Waals surface area contributed by atoms with Crippen LogP contribution in [0.25, 0.3) is 0 Å². The van der Waals surface area contributed by atoms with E-state index in [2.05, 4.69) is 26.8 Å². The van der Waals surface area contributed by atoms with Gasteiger partial charge in [-0.05, 0) is 45.6 Å². The predicted molar refractivity (Wildman–Crippen MR) is 84.1 cm³/mol. The fourth-order valence-corrected chi connectivity index (χ4v) is 3.05. The molecule has 0 unspecified atom stereocenters. The molecule has 2 heterocycles. The van der Waals surface area contributed by atoms with E-state index in [1.165, 1.54) is 25.7 Å². The van der Waals surface area contributed by atoms with Gasteiger partial charge >= 0.3 is 0 Å². The van der Waals surface area contributed by atoms with Gasteiger partial charge in [0.2, 0.25) is 0 Å². The molecule has 2 aliphatic carbocycles. The average Bonchev–Trinajstić information content (AvgIpc) is 3.39. The first-order valence-electron chi connectivity index (χ1n) is 7.95. The molecule has 1 amide bonds. The van der Waals surface area contributed by atoms with Gasteiger partial charge in [-0.3, -0.25) is 4.79 Å². The molecule has 2 saturated carbocycles. The largest absolute Gasteiger partial charge is 0.345 e. The molecule has 4 rings (SSSR count). The summed E-state index contributed by atoms with van der Waals surface area (Å²) in [5.41, 5.74) is 3.61. The summed E-state index contributed by atoms with van der Waals surface area (Å²) in [5, 5.41) is 2.91. The van der Waals surface area contributed by atoms with Crippen molar-refractivity contribution < 1.29 is 4.79 Å². The number of amides is 1. The average molecular weight is 296 g/mol. The lowest BCUT2D eigenvalue weighted by Crippen LogP contribution is -2.14. The number of hydrogen-bond acceptors (Lipinski definition) is 3. The van der Waals surface area contributed by atoms with Crippen molar-refractivity contribution in [3.05, 3.63) is 41.2 Å². The summed E-state index contributed by atoms with van der Waals surface area (Å²) in [5.74, 6) is 1.34. The van der Waals surface area contributed by atoms with E-state index < -0.39 is 0 Å². The maximum atomic E-state index is 12.5. The Bertz CT molecular complexity index is 724. The molecule has 0 spiro atoms. The first-order valence-corrected chi connectivity index (χ1v) is 7.95. The standard InChI is InChI=1S/C17H20N4O/c1-10-7-15(11(2)21(10)14-5-6-14)17(22)20-13-8-18-16(19-9-13)12-3-4-12/h7-9,12,14H,3-6H2,1-2H3,(H,20,22). The zero-order chi connectivity index (χ0) is 15.3. The van der Waals surface area contributed by atoms with Gasteiger partial charge in [0.1, 0.15) is 5.82 Å². The molecule has 5 heteroatoms. The van der Waals surface area contributed by atoms with Gasteiger partial charge in [-0.2, -0.15) is 0 Å². The molecule has 0 saturated heterocycles. The van der Waals surface area contributed by atoms with Crippen LogP contribution in [-0.2, 0) is 0 Å². The number of aryl methyl sites for hydroxylation is 1. The minimum absolute atomic E-state index is 0.0808. The maximum Gasteiger partial charge on any atom is 0.257 e. The number of nitrogens with zero attached hydrogens (tertiary/aromatic N) is 3. The van der Waals surface area contributed by atoms with Crippen LogP contribution in [0, 0.1) is 13.8 Å². The summed E-state index contributed by atoms with van der Waals surface area (Å²) in [7, 11) is 0. The molecule has 2 aromatic rings. The van der Waals surface area contributed by atoms with Gasteiger partial charge < -0.3 is 9.88 Å². The molecule has 2 fully saturated rings. The zero-order valence-electron chi connectivity index (χ0n) is 13.0. The van der Waals surface area contributed by atoms with Gasteiger partial charge in [-0.15, -0.1) is 0 Å². The first kappa shape index (κ1) is 13.5. The number of rotatable bonds is 4. The number of anilines is 1. The fraction of sp³-hybridized carbons (Fsp3) is 0.471. The van der Waals surface area contributed by atoms with Crippen LogP contribution in [0.15, 0.2) is 18.5 Å². The third-order valence-electron chi connectivity index (χ3n) is 4.51. The SMILES string of the molecule is Cc1cc(C(=O)Nc2cnc(C3CC3)nc2)c(C)n1C1CC1. The third kappa shape index (κ3) is 2.40. The van der Waals surface area contributed by atoms with E-state index in [4.69, 9.17) is 0 Å². The van der Waals surface area contributed by atoms with Crippen LogP contribution in [0.5, 0.6) is 0 Å². The van der Waals surface area contributed by atoms with E-state index >= 15 is 0 Å². The maximum absolute atomic E-state index is 12.5. The molecule has 22 heavy (non-hydrogen) atoms. The molecule has 0 aromatic carbocycles. The van der Waals surface area contributed by atoms with Crippen molar-refractivity contribution in [2.75, 3.05) is 5.32 Å². The van der Waals surface area contributed by atoms with Gasteiger partial charge in [0.25, 0.3) is 5.91 Å². The summed E-state index contributed by atoms with van der Waals surface area (Å²) in [6.45, 7) is 4.09. The highest BCUT2D eigenvalue weighted by Crippen LogP contribution is 2.39. The molecular formula is C17H20N4O. The Morgan fingerprint density at radius 3 is 2.45 bits per heavy atom. The Morgan fingerprint density at radius 1 is 1.18 bits per heavy atom. The number of carbonyl (C=O) groups is 1. The van der Waals surface area contributed by atoms with Crippen molar-refractivity contribution >= 4 is 11.6 Å². The zero-order valence-corrected chi connectivity index (χ0v) is 13.0. The van der Waals surface area contributed by atoms with Crippen molar-refractivity contribution in [3.63, 3.8) is 0 Å². The second-order valence-corrected chi connectivity index (χ2v) is 6.44. The van der Waals surface area contributed by atoms with Crippen molar-refractivity contribution in [2.45, 2.75) is 51.5 Å². The normalized spacial score (nSPS) is 17.5. The molecule has 2 aromatic heterocycles. The third-order valence-corrected chi connectivity index (χ3v) is 4.51. The molecule has 0 aliphatic heterocycles. The van der Waals surface area contributed by atoms with Crippen LogP contribution in [0.1, 0.15) is 65.2 Å². The van der Waals surface area contributed by atoms with Gasteiger partial charge in [0, 0.05) is 23.3 Å². The van der Waals surface area contributed by atoms with Crippen molar-refractivity contribution in [3.8, 4) is 0 Å². The van der Waals surface area contributed by atoms with E-state index in [9.17, 15) is 4.79 Å². The van der Waals surface area contributed by atoms with Crippen LogP contribution < -0.4 is 5.32 Å². The highest BCUT2D eigenvalue weighted by Gasteiger charge is 2.28. The van der Waals surface area contributed by atoms with Crippen LogP contribution in [-0.4, -0.2) is 20.4 Å². The van der Waals surface area contributed by atoms with Crippen LogP contribution in [0.2, 0.25) is 0 Å². The monoisotopic (exact) mass is 296 g/mol. The Balaban J connectivity index is 1.52. The van der Waals surface area contributed by atoms with Crippen molar-refractivity contribution in [1.82, 2.24) is 14.5 Å². The molecule has 0 bridgehead atoms. The number of carbonyl (C=O) groups excluding carboxylic acids is 1. The van der Waals surface area contributed by atoms with Crippen molar-refractivity contribution in [1.29, 1.82) is 0 Å². The summed E-state index contributed by atoms with van der Waals surface area (Å²) in [4.78, 5) is 21.2. The van der Waals surface area contributed by atoms with Gasteiger partial charge in [0.15, 0.2) is 0 Å². The molecule has 114 valence electrons. The van der Waals surface area contributed by atoms with Crippen molar-refractivity contribution in [2.24, 2.45) is 0 Å². The Kier molecular flexibility index (Phi) is 3.03. The fourth-order valence-electron chi connectivity index (χ4n) is 3.05. The lowest BCUT2D eigenvalue weighted by Gasteiger charge is -2.08. The Morgan fingerprint density at radius 2 is 1.86 bits per heavy atom. The molecule has 0 atom stereocenters. The smallest absolute Gasteiger partial charge is 0.257 e. The van der Waals surface area contributed by atoms with E-state index in [0.29, 0.717) is 17.6 Å². The number of aromatic nitrogens is 3. The van der Waals surface area contributed by atoms with E-state index in [0.717, 1.165) is 22.8 Å². The molecule has 0 radical (unpaired) electrons. The first-order chi connectivity index (χ1) is 10.6. The predicted octanol–water partition coefficient (Wildman–Crippen LogP) is 3.36. The highest BCUT2D eigenvalue weighted by molar-refractivity contribution is 6.05.